The van der Waals surface area contributed by atoms with Gasteiger partial charge in [0.2, 0.25) is 0 Å². The van der Waals surface area contributed by atoms with Gasteiger partial charge in [-0.1, -0.05) is 316 Å². The van der Waals surface area contributed by atoms with Crippen LogP contribution in [0.15, 0.2) is 401 Å². The molecule has 16 aromatic carbocycles. The number of halogens is 2. The quantitative estimate of drug-likeness (QED) is 0.0951. The summed E-state index contributed by atoms with van der Waals surface area (Å²) in [5, 5.41) is 0. The third-order valence-electron chi connectivity index (χ3n) is 22.8. The lowest BCUT2D eigenvalue weighted by Crippen LogP contribution is -2.29. The highest BCUT2D eigenvalue weighted by molar-refractivity contribution is 5.96. The van der Waals surface area contributed by atoms with Crippen LogP contribution in [0, 0.1) is 11.6 Å². The minimum absolute atomic E-state index is 0.289. The molecule has 0 aliphatic heterocycles. The van der Waals surface area contributed by atoms with E-state index in [0.29, 0.717) is 0 Å². The molecule has 16 aromatic rings. The van der Waals surface area contributed by atoms with Crippen molar-refractivity contribution in [1.82, 2.24) is 0 Å². The van der Waals surface area contributed by atoms with Crippen LogP contribution in [0.25, 0.3) is 67.8 Å². The van der Waals surface area contributed by atoms with Gasteiger partial charge in [-0.3, -0.25) is 0 Å². The summed E-state index contributed by atoms with van der Waals surface area (Å²) in [4.78, 5) is 4.85. The zero-order valence-electron chi connectivity index (χ0n) is 58.7. The highest BCUT2D eigenvalue weighted by Crippen LogP contribution is 2.62. The first-order valence-corrected chi connectivity index (χ1v) is 36.5. The van der Waals surface area contributed by atoms with Gasteiger partial charge in [0.15, 0.2) is 0 Å². The molecule has 3 aliphatic carbocycles. The van der Waals surface area contributed by atoms with Crippen LogP contribution >= 0.6 is 0 Å². The van der Waals surface area contributed by atoms with Crippen LogP contribution in [0.4, 0.5) is 42.9 Å². The Hall–Kier alpha value is -13.5. The molecule has 2 atom stereocenters. The average molecular weight is 1370 g/mol. The Kier molecular flexibility index (Phi) is 15.6. The second-order valence-corrected chi connectivity index (χ2v) is 28.2. The van der Waals surface area contributed by atoms with Gasteiger partial charge in [0.05, 0.1) is 16.2 Å². The highest BCUT2D eigenvalue weighted by atomic mass is 19.1. The number of rotatable bonds is 16. The molecule has 0 radical (unpaired) electrons. The Labute approximate surface area is 623 Å². The van der Waals surface area contributed by atoms with Gasteiger partial charge in [-0.2, -0.15) is 0 Å². The van der Waals surface area contributed by atoms with Crippen molar-refractivity contribution in [2.45, 2.75) is 16.2 Å². The predicted octanol–water partition coefficient (Wildman–Crippen LogP) is 26.6. The summed E-state index contributed by atoms with van der Waals surface area (Å²) in [7, 11) is 0. The van der Waals surface area contributed by atoms with Crippen molar-refractivity contribution in [2.24, 2.45) is 0 Å². The van der Waals surface area contributed by atoms with E-state index in [9.17, 15) is 0 Å². The molecule has 0 N–H and O–H groups in total. The molecule has 0 bridgehead atoms. The molecule has 0 fully saturated rings. The fourth-order valence-corrected chi connectivity index (χ4v) is 18.0. The Morgan fingerprint density at radius 3 is 0.748 bits per heavy atom. The number of benzene rings is 16. The number of anilines is 6. The van der Waals surface area contributed by atoms with Gasteiger partial charge < -0.3 is 9.80 Å². The second-order valence-electron chi connectivity index (χ2n) is 28.2. The predicted molar refractivity (Wildman–Crippen MR) is 439 cm³/mol. The largest absolute Gasteiger partial charge is 0.310 e. The van der Waals surface area contributed by atoms with Crippen LogP contribution in [-0.4, -0.2) is 0 Å². The molecule has 0 saturated heterocycles. The summed E-state index contributed by atoms with van der Waals surface area (Å²) in [6.45, 7) is 8.26. The lowest BCUT2D eigenvalue weighted by atomic mass is 9.67. The Morgan fingerprint density at radius 1 is 0.206 bits per heavy atom. The van der Waals surface area contributed by atoms with Crippen molar-refractivity contribution >= 4 is 46.3 Å². The number of hydrogen-bond donors (Lipinski definition) is 0. The van der Waals surface area contributed by atoms with Crippen molar-refractivity contribution in [3.8, 4) is 55.6 Å². The summed E-state index contributed by atoms with van der Waals surface area (Å²) in [6, 6.07) is 138. The first-order valence-electron chi connectivity index (χ1n) is 36.5. The molecule has 0 amide bonds. The van der Waals surface area contributed by atoms with Gasteiger partial charge in [-0.05, 0) is 231 Å². The van der Waals surface area contributed by atoms with Gasteiger partial charge in [0, 0.05) is 34.1 Å². The van der Waals surface area contributed by atoms with Crippen molar-refractivity contribution in [2.75, 3.05) is 9.80 Å². The van der Waals surface area contributed by atoms with Crippen LogP contribution in [0.5, 0.6) is 0 Å². The van der Waals surface area contributed by atoms with Gasteiger partial charge in [0.25, 0.3) is 0 Å². The standard InChI is InChI=1S/C103H70F2N2/c1-3-69-33-41-77(42-34-69)101(79-45-49-81(104)50-46-79)95-31-19-17-29-89(95)91-61-57-85(65-97(91)101)106(83-53-37-73(38-54-83)71-21-9-5-10-22-71)87-59-63-93-94-64-60-88(68-100(94)103(99(93)67-87,75-25-13-7-14-26-75)76-27-15-8-16-28-76)107(84-55-39-74(40-56-84)72-23-11-6-12-24-72)86-58-62-92-90-30-18-20-32-96(90)102(98(92)66-86,80-47-51-82(105)52-48-80)78-43-35-70(4-2)36-44-78/h3-68H,1-2H2. The topological polar surface area (TPSA) is 6.48 Å². The monoisotopic (exact) mass is 1370 g/mol. The van der Waals surface area contributed by atoms with Crippen LogP contribution < -0.4 is 9.80 Å². The number of fused-ring (bicyclic) bond motifs is 9. The number of nitrogens with zero attached hydrogens (tertiary/aromatic N) is 2. The maximum Gasteiger partial charge on any atom is 0.123 e. The van der Waals surface area contributed by atoms with E-state index in [0.717, 1.165) is 168 Å². The first kappa shape index (κ1) is 64.3. The molecule has 2 unspecified atom stereocenters. The average Bonchev–Trinajstić information content (AvgIpc) is 1.55. The van der Waals surface area contributed by atoms with E-state index in [2.05, 4.69) is 363 Å². The lowest BCUT2D eigenvalue weighted by Gasteiger charge is -2.36. The van der Waals surface area contributed by atoms with Gasteiger partial charge in [-0.15, -0.1) is 0 Å². The summed E-state index contributed by atoms with van der Waals surface area (Å²) < 4.78 is 30.8. The summed E-state index contributed by atoms with van der Waals surface area (Å²) in [5.41, 5.74) is 29.6. The van der Waals surface area contributed by atoms with Crippen molar-refractivity contribution in [3.05, 3.63) is 491 Å². The van der Waals surface area contributed by atoms with E-state index < -0.39 is 16.2 Å². The van der Waals surface area contributed by atoms with E-state index in [4.69, 9.17) is 0 Å². The molecular formula is C103H70F2N2. The van der Waals surface area contributed by atoms with Crippen molar-refractivity contribution in [1.29, 1.82) is 0 Å². The molecule has 107 heavy (non-hydrogen) atoms. The second kappa shape index (κ2) is 26.0. The lowest BCUT2D eigenvalue weighted by molar-refractivity contribution is 0.624. The normalized spacial score (nSPS) is 15.2. The van der Waals surface area contributed by atoms with E-state index in [1.54, 1.807) is 24.3 Å². The van der Waals surface area contributed by atoms with E-state index in [1.165, 1.54) is 0 Å². The van der Waals surface area contributed by atoms with E-state index in [1.807, 2.05) is 36.4 Å². The molecule has 2 nitrogen and oxygen atoms in total. The third-order valence-corrected chi connectivity index (χ3v) is 22.8. The van der Waals surface area contributed by atoms with E-state index >= 15 is 8.78 Å². The molecule has 4 heteroatoms. The maximum atomic E-state index is 15.4. The third kappa shape index (κ3) is 10.2. The van der Waals surface area contributed by atoms with Gasteiger partial charge in [-0.25, -0.2) is 8.78 Å². The fraction of sp³-hybridized carbons (Fsp3) is 0.0291. The Morgan fingerprint density at radius 2 is 0.439 bits per heavy atom. The van der Waals surface area contributed by atoms with Crippen molar-refractivity contribution in [3.63, 3.8) is 0 Å². The van der Waals surface area contributed by atoms with Crippen LogP contribution in [0.2, 0.25) is 0 Å². The van der Waals surface area contributed by atoms with Crippen LogP contribution in [-0.2, 0) is 16.2 Å². The summed E-state index contributed by atoms with van der Waals surface area (Å²) in [5.74, 6) is -0.578. The minimum atomic E-state index is -0.880. The Bertz CT molecular complexity index is 5700. The number of hydrogen-bond acceptors (Lipinski definition) is 2. The molecule has 0 spiro atoms. The molecule has 0 saturated carbocycles. The highest BCUT2D eigenvalue weighted by Gasteiger charge is 2.50. The SMILES string of the molecule is C=Cc1ccc(C2(c3ccc(F)cc3)c3ccccc3-c3ccc(N(c4ccc(-c5ccccc5)cc4)c4ccc5c(c4)C(c4ccccc4)(c4ccccc4)c4cc(N(c6ccc(-c7ccccc7)cc6)c6ccc7c(c6)C(c6ccc(F)cc6)(c6ccc(C=C)cc6)c6ccccc6-7)ccc4-5)cc32)cc1. The van der Waals surface area contributed by atoms with Crippen LogP contribution in [0.1, 0.15) is 77.9 Å². The molecule has 3 aliphatic rings. The molecule has 0 heterocycles. The smallest absolute Gasteiger partial charge is 0.123 e. The first-order chi connectivity index (χ1) is 52.7. The zero-order chi connectivity index (χ0) is 71.8. The van der Waals surface area contributed by atoms with Crippen LogP contribution in [0.3, 0.4) is 0 Å². The summed E-state index contributed by atoms with van der Waals surface area (Å²) >= 11 is 0. The Balaban J connectivity index is 0.839. The molecule has 506 valence electrons. The zero-order valence-corrected chi connectivity index (χ0v) is 58.7. The molecular weight excluding hydrogens is 1300 g/mol. The van der Waals surface area contributed by atoms with Crippen molar-refractivity contribution < 1.29 is 8.78 Å². The fourth-order valence-electron chi connectivity index (χ4n) is 18.0. The van der Waals surface area contributed by atoms with Gasteiger partial charge in [0.1, 0.15) is 11.6 Å². The van der Waals surface area contributed by atoms with Gasteiger partial charge >= 0.3 is 0 Å². The minimum Gasteiger partial charge on any atom is -0.310 e. The maximum absolute atomic E-state index is 15.4. The molecule has 0 aromatic heterocycles. The molecule has 19 rings (SSSR count). The van der Waals surface area contributed by atoms with E-state index in [-0.39, 0.29) is 11.6 Å². The summed E-state index contributed by atoms with van der Waals surface area (Å²) in [6.07, 6.45) is 3.76.